The first-order valence-electron chi connectivity index (χ1n) is 6.79. The van der Waals surface area contributed by atoms with Gasteiger partial charge in [-0.1, -0.05) is 45.9 Å². The van der Waals surface area contributed by atoms with Crippen molar-refractivity contribution in [3.05, 3.63) is 34.9 Å². The summed E-state index contributed by atoms with van der Waals surface area (Å²) in [7, 11) is 0. The summed E-state index contributed by atoms with van der Waals surface area (Å²) in [6, 6.07) is 6.84. The largest absolute Gasteiger partial charge is 0.271 e. The average molecular weight is 248 g/mol. The molecule has 102 valence electrons. The third-order valence-corrected chi connectivity index (χ3v) is 4.20. The molecule has 2 unspecified atom stereocenters. The Labute approximate surface area is 112 Å². The highest BCUT2D eigenvalue weighted by Crippen LogP contribution is 2.33. The zero-order valence-electron chi connectivity index (χ0n) is 12.7. The van der Waals surface area contributed by atoms with Crippen molar-refractivity contribution >= 4 is 0 Å². The molecular weight excluding hydrogens is 220 g/mol. The monoisotopic (exact) mass is 248 g/mol. The van der Waals surface area contributed by atoms with Crippen molar-refractivity contribution in [1.29, 1.82) is 0 Å². The predicted molar refractivity (Wildman–Crippen MR) is 79.2 cm³/mol. The van der Waals surface area contributed by atoms with E-state index in [-0.39, 0.29) is 6.04 Å². The fraction of sp³-hybridized carbons (Fsp3) is 0.625. The number of aryl methyl sites for hydroxylation is 2. The zero-order chi connectivity index (χ0) is 13.9. The molecule has 18 heavy (non-hydrogen) atoms. The molecule has 0 aliphatic carbocycles. The highest BCUT2D eigenvalue weighted by molar-refractivity contribution is 5.31. The van der Waals surface area contributed by atoms with Crippen LogP contribution in [0.25, 0.3) is 0 Å². The van der Waals surface area contributed by atoms with E-state index in [1.165, 1.54) is 16.7 Å². The van der Waals surface area contributed by atoms with Gasteiger partial charge in [0.2, 0.25) is 0 Å². The van der Waals surface area contributed by atoms with Gasteiger partial charge in [0, 0.05) is 6.04 Å². The van der Waals surface area contributed by atoms with Crippen molar-refractivity contribution in [2.75, 3.05) is 0 Å². The van der Waals surface area contributed by atoms with Gasteiger partial charge < -0.3 is 0 Å². The van der Waals surface area contributed by atoms with Crippen molar-refractivity contribution < 1.29 is 0 Å². The molecule has 1 rings (SSSR count). The van der Waals surface area contributed by atoms with Crippen LogP contribution in [0.4, 0.5) is 0 Å². The van der Waals surface area contributed by atoms with Gasteiger partial charge in [-0.3, -0.25) is 11.3 Å². The Balaban J connectivity index is 2.86. The molecule has 0 saturated carbocycles. The molecule has 2 atom stereocenters. The molecule has 0 heterocycles. The smallest absolute Gasteiger partial charge is 0.0462 e. The van der Waals surface area contributed by atoms with Crippen LogP contribution >= 0.6 is 0 Å². The second kappa shape index (κ2) is 5.85. The van der Waals surface area contributed by atoms with Gasteiger partial charge in [0.15, 0.2) is 0 Å². The molecule has 0 aliphatic heterocycles. The zero-order valence-corrected chi connectivity index (χ0v) is 12.7. The van der Waals surface area contributed by atoms with E-state index < -0.39 is 0 Å². The molecular formula is C16H28N2. The minimum atomic E-state index is 0.235. The summed E-state index contributed by atoms with van der Waals surface area (Å²) in [5.41, 5.74) is 7.23. The van der Waals surface area contributed by atoms with E-state index in [0.717, 1.165) is 6.42 Å². The fourth-order valence-electron chi connectivity index (χ4n) is 1.99. The molecule has 0 bridgehead atoms. The Morgan fingerprint density at radius 2 is 1.78 bits per heavy atom. The second-order valence-electron chi connectivity index (χ2n) is 6.57. The Morgan fingerprint density at radius 1 is 1.17 bits per heavy atom. The van der Waals surface area contributed by atoms with E-state index in [2.05, 4.69) is 65.2 Å². The lowest BCUT2D eigenvalue weighted by atomic mass is 9.77. The minimum absolute atomic E-state index is 0.235. The second-order valence-corrected chi connectivity index (χ2v) is 6.57. The van der Waals surface area contributed by atoms with Gasteiger partial charge in [-0.15, -0.1) is 0 Å². The minimum Gasteiger partial charge on any atom is -0.271 e. The van der Waals surface area contributed by atoms with E-state index in [4.69, 9.17) is 5.84 Å². The molecule has 0 spiro atoms. The van der Waals surface area contributed by atoms with Crippen LogP contribution in [-0.2, 0) is 0 Å². The number of benzene rings is 1. The molecule has 0 saturated heterocycles. The first-order valence-corrected chi connectivity index (χ1v) is 6.79. The maximum Gasteiger partial charge on any atom is 0.0462 e. The Morgan fingerprint density at radius 3 is 2.22 bits per heavy atom. The van der Waals surface area contributed by atoms with Crippen molar-refractivity contribution in [2.45, 2.75) is 54.0 Å². The van der Waals surface area contributed by atoms with E-state index in [0.29, 0.717) is 11.3 Å². The molecule has 0 radical (unpaired) electrons. The summed E-state index contributed by atoms with van der Waals surface area (Å²) in [4.78, 5) is 0. The number of nitrogens with one attached hydrogen (secondary N) is 1. The quantitative estimate of drug-likeness (QED) is 0.627. The average Bonchev–Trinajstić information content (AvgIpc) is 2.28. The highest BCUT2D eigenvalue weighted by Gasteiger charge is 2.24. The number of rotatable bonds is 4. The fourth-order valence-corrected chi connectivity index (χ4v) is 1.99. The van der Waals surface area contributed by atoms with Crippen molar-refractivity contribution in [1.82, 2.24) is 5.43 Å². The summed E-state index contributed by atoms with van der Waals surface area (Å²) in [5.74, 6) is 6.35. The van der Waals surface area contributed by atoms with Crippen molar-refractivity contribution in [2.24, 2.45) is 17.2 Å². The van der Waals surface area contributed by atoms with Gasteiger partial charge in [-0.05, 0) is 48.3 Å². The van der Waals surface area contributed by atoms with E-state index >= 15 is 0 Å². The Kier molecular flexibility index (Phi) is 4.94. The van der Waals surface area contributed by atoms with E-state index in [9.17, 15) is 0 Å². The summed E-state index contributed by atoms with van der Waals surface area (Å²) in [5, 5.41) is 0. The van der Waals surface area contributed by atoms with Crippen molar-refractivity contribution in [3.63, 3.8) is 0 Å². The van der Waals surface area contributed by atoms with Gasteiger partial charge in [0.05, 0.1) is 0 Å². The first-order chi connectivity index (χ1) is 8.25. The normalized spacial score (nSPS) is 15.5. The SMILES string of the molecule is Cc1ccc(C(CC(C)C(C)(C)C)NN)cc1C. The lowest BCUT2D eigenvalue weighted by Crippen LogP contribution is -2.32. The van der Waals surface area contributed by atoms with Crippen molar-refractivity contribution in [3.8, 4) is 0 Å². The third kappa shape index (κ3) is 3.82. The van der Waals surface area contributed by atoms with Crippen LogP contribution in [0.1, 0.15) is 56.8 Å². The molecule has 1 aromatic carbocycles. The van der Waals surface area contributed by atoms with Crippen LogP contribution in [0.3, 0.4) is 0 Å². The number of nitrogens with two attached hydrogens (primary N) is 1. The topological polar surface area (TPSA) is 38.0 Å². The molecule has 2 heteroatoms. The third-order valence-electron chi connectivity index (χ3n) is 4.20. The van der Waals surface area contributed by atoms with Crippen LogP contribution in [-0.4, -0.2) is 0 Å². The Bertz CT molecular complexity index is 391. The van der Waals surface area contributed by atoms with Crippen LogP contribution in [0.5, 0.6) is 0 Å². The van der Waals surface area contributed by atoms with Crippen LogP contribution in [0, 0.1) is 25.2 Å². The molecule has 1 aromatic rings. The predicted octanol–water partition coefficient (Wildman–Crippen LogP) is 3.88. The number of hydrazine groups is 1. The number of hydrogen-bond acceptors (Lipinski definition) is 2. The summed E-state index contributed by atoms with van der Waals surface area (Å²) in [6.07, 6.45) is 1.06. The van der Waals surface area contributed by atoms with Gasteiger partial charge in [0.1, 0.15) is 0 Å². The molecule has 3 N–H and O–H groups in total. The Hall–Kier alpha value is -0.860. The lowest BCUT2D eigenvalue weighted by molar-refractivity contribution is 0.223. The standard InChI is InChI=1S/C16H28N2/c1-11-7-8-14(9-12(11)2)15(18-17)10-13(3)16(4,5)6/h7-9,13,15,18H,10,17H2,1-6H3. The molecule has 0 aromatic heterocycles. The molecule has 0 fully saturated rings. The van der Waals surface area contributed by atoms with Crippen LogP contribution in [0.2, 0.25) is 0 Å². The van der Waals surface area contributed by atoms with Gasteiger partial charge in [-0.2, -0.15) is 0 Å². The maximum atomic E-state index is 5.73. The van der Waals surface area contributed by atoms with Crippen LogP contribution < -0.4 is 11.3 Å². The summed E-state index contributed by atoms with van der Waals surface area (Å²) >= 11 is 0. The van der Waals surface area contributed by atoms with Gasteiger partial charge in [-0.25, -0.2) is 0 Å². The summed E-state index contributed by atoms with van der Waals surface area (Å²) in [6.45, 7) is 13.4. The van der Waals surface area contributed by atoms with Gasteiger partial charge >= 0.3 is 0 Å². The maximum absolute atomic E-state index is 5.73. The number of hydrogen-bond donors (Lipinski definition) is 2. The summed E-state index contributed by atoms with van der Waals surface area (Å²) < 4.78 is 0. The van der Waals surface area contributed by atoms with E-state index in [1.54, 1.807) is 0 Å². The van der Waals surface area contributed by atoms with Gasteiger partial charge in [0.25, 0.3) is 0 Å². The first kappa shape index (κ1) is 15.2. The van der Waals surface area contributed by atoms with E-state index in [1.807, 2.05) is 0 Å². The molecule has 2 nitrogen and oxygen atoms in total. The molecule has 0 amide bonds. The molecule has 0 aliphatic rings. The lowest BCUT2D eigenvalue weighted by Gasteiger charge is -2.31. The highest BCUT2D eigenvalue weighted by atomic mass is 15.2. The van der Waals surface area contributed by atoms with Crippen LogP contribution in [0.15, 0.2) is 18.2 Å².